The molecule has 0 radical (unpaired) electrons. The summed E-state index contributed by atoms with van der Waals surface area (Å²) in [5.74, 6) is -2.44. The van der Waals surface area contributed by atoms with Crippen LogP contribution in [0.4, 0.5) is 8.78 Å². The summed E-state index contributed by atoms with van der Waals surface area (Å²) in [6.07, 6.45) is -2.49. The van der Waals surface area contributed by atoms with Crippen LogP contribution < -0.4 is 11.1 Å². The first-order valence-electron chi connectivity index (χ1n) is 8.87. The molecule has 0 bridgehead atoms. The van der Waals surface area contributed by atoms with Crippen molar-refractivity contribution < 1.29 is 28.0 Å². The maximum absolute atomic E-state index is 13.0. The Labute approximate surface area is 159 Å². The summed E-state index contributed by atoms with van der Waals surface area (Å²) in [6, 6.07) is 3.55. The number of benzene rings is 1. The lowest BCUT2D eigenvalue weighted by atomic mass is 10.0. The summed E-state index contributed by atoms with van der Waals surface area (Å²) in [4.78, 5) is 51.5. The molecule has 1 aromatic rings. The molecule has 0 saturated carbocycles. The Kier molecular flexibility index (Phi) is 5.80. The van der Waals surface area contributed by atoms with Crippen LogP contribution in [-0.4, -0.2) is 65.5 Å². The highest BCUT2D eigenvalue weighted by Gasteiger charge is 2.45. The van der Waals surface area contributed by atoms with Gasteiger partial charge < -0.3 is 5.73 Å². The molecule has 2 heterocycles. The van der Waals surface area contributed by atoms with E-state index < -0.39 is 42.6 Å². The lowest BCUT2D eigenvalue weighted by Crippen LogP contribution is -2.54. The van der Waals surface area contributed by atoms with E-state index in [1.54, 1.807) is 12.1 Å². The predicted octanol–water partition coefficient (Wildman–Crippen LogP) is 0.114. The lowest BCUT2D eigenvalue weighted by molar-refractivity contribution is -0.136. The summed E-state index contributed by atoms with van der Waals surface area (Å²) in [6.45, 7) is -0.128. The number of imide groups is 2. The smallest absolute Gasteiger partial charge is 0.262 e. The van der Waals surface area contributed by atoms with Gasteiger partial charge in [0.15, 0.2) is 0 Å². The minimum atomic E-state index is -2.57. The molecule has 1 unspecified atom stereocenters. The molecule has 2 aliphatic heterocycles. The standard InChI is InChI=1S/C18H20F2N4O4/c19-13(20)9-23(7-6-21)8-10-2-1-3-11-15(10)18(28)24(17(11)27)12-4-5-14(25)22-16(12)26/h1-3,12-13H,4-9,21H2,(H,22,25,26). The molecular formula is C18H20F2N4O4. The Morgan fingerprint density at radius 2 is 1.96 bits per heavy atom. The SMILES string of the molecule is NCCN(Cc1cccc2c1C(=O)N(C1CCC(=O)NC1=O)C2=O)CC(F)F. The molecule has 2 aliphatic rings. The van der Waals surface area contributed by atoms with E-state index in [9.17, 15) is 28.0 Å². The van der Waals surface area contributed by atoms with Gasteiger partial charge in [-0.05, 0) is 18.1 Å². The van der Waals surface area contributed by atoms with Gasteiger partial charge in [-0.15, -0.1) is 0 Å². The third-order valence-corrected chi connectivity index (χ3v) is 4.79. The molecule has 0 spiro atoms. The summed E-state index contributed by atoms with van der Waals surface area (Å²) in [7, 11) is 0. The zero-order valence-corrected chi connectivity index (χ0v) is 15.0. The van der Waals surface area contributed by atoms with E-state index in [1.165, 1.54) is 11.0 Å². The van der Waals surface area contributed by atoms with E-state index in [-0.39, 0.29) is 43.6 Å². The predicted molar refractivity (Wildman–Crippen MR) is 93.4 cm³/mol. The molecular weight excluding hydrogens is 374 g/mol. The number of nitrogens with zero attached hydrogens (tertiary/aromatic N) is 2. The van der Waals surface area contributed by atoms with Gasteiger partial charge in [0.25, 0.3) is 18.2 Å². The topological polar surface area (TPSA) is 113 Å². The third kappa shape index (κ3) is 3.78. The maximum atomic E-state index is 13.0. The van der Waals surface area contributed by atoms with Gasteiger partial charge in [-0.2, -0.15) is 0 Å². The summed E-state index contributed by atoms with van der Waals surface area (Å²) < 4.78 is 25.6. The van der Waals surface area contributed by atoms with Gasteiger partial charge in [0.1, 0.15) is 6.04 Å². The fourth-order valence-electron chi connectivity index (χ4n) is 3.57. The van der Waals surface area contributed by atoms with Gasteiger partial charge >= 0.3 is 0 Å². The fraction of sp³-hybridized carbons (Fsp3) is 0.444. The van der Waals surface area contributed by atoms with Crippen molar-refractivity contribution in [1.82, 2.24) is 15.1 Å². The quantitative estimate of drug-likeness (QED) is 0.635. The van der Waals surface area contributed by atoms with Gasteiger partial charge in [0.2, 0.25) is 11.8 Å². The molecule has 3 N–H and O–H groups in total. The number of fused-ring (bicyclic) bond motifs is 1. The number of alkyl halides is 2. The van der Waals surface area contributed by atoms with Crippen molar-refractivity contribution in [1.29, 1.82) is 0 Å². The molecule has 0 aliphatic carbocycles. The number of halogens is 2. The van der Waals surface area contributed by atoms with Gasteiger partial charge in [-0.3, -0.25) is 34.3 Å². The first kappa shape index (κ1) is 20.0. The second kappa shape index (κ2) is 8.11. The number of rotatable bonds is 7. The molecule has 28 heavy (non-hydrogen) atoms. The number of amides is 4. The molecule has 4 amide bonds. The van der Waals surface area contributed by atoms with Crippen molar-refractivity contribution >= 4 is 23.6 Å². The first-order chi connectivity index (χ1) is 13.3. The van der Waals surface area contributed by atoms with Crippen molar-refractivity contribution in [2.24, 2.45) is 5.73 Å². The van der Waals surface area contributed by atoms with E-state index in [2.05, 4.69) is 5.32 Å². The number of piperidine rings is 1. The summed E-state index contributed by atoms with van der Waals surface area (Å²) in [5.41, 5.74) is 6.12. The van der Waals surface area contributed by atoms with Crippen LogP contribution in [-0.2, 0) is 16.1 Å². The average Bonchev–Trinajstić information content (AvgIpc) is 2.87. The van der Waals surface area contributed by atoms with Crippen molar-refractivity contribution in [2.75, 3.05) is 19.6 Å². The first-order valence-corrected chi connectivity index (χ1v) is 8.87. The zero-order valence-electron chi connectivity index (χ0n) is 15.0. The van der Waals surface area contributed by atoms with Crippen molar-refractivity contribution in [2.45, 2.75) is 31.9 Å². The van der Waals surface area contributed by atoms with E-state index in [1.807, 2.05) is 0 Å². The summed E-state index contributed by atoms with van der Waals surface area (Å²) in [5, 5.41) is 2.13. The van der Waals surface area contributed by atoms with Crippen LogP contribution in [0.3, 0.4) is 0 Å². The Morgan fingerprint density at radius 3 is 2.61 bits per heavy atom. The Balaban J connectivity index is 1.89. The molecule has 1 atom stereocenters. The minimum Gasteiger partial charge on any atom is -0.329 e. The minimum absolute atomic E-state index is 0.0208. The fourth-order valence-corrected chi connectivity index (χ4v) is 3.57. The Hall–Kier alpha value is -2.72. The number of carbonyl (C=O) groups excluding carboxylic acids is 4. The van der Waals surface area contributed by atoms with Crippen LogP contribution in [0.1, 0.15) is 39.1 Å². The summed E-state index contributed by atoms with van der Waals surface area (Å²) >= 11 is 0. The molecule has 8 nitrogen and oxygen atoms in total. The van der Waals surface area contributed by atoms with E-state index in [0.717, 1.165) is 4.90 Å². The highest BCUT2D eigenvalue weighted by atomic mass is 19.3. The Bertz CT molecular complexity index is 830. The van der Waals surface area contributed by atoms with Crippen LogP contribution in [0.2, 0.25) is 0 Å². The van der Waals surface area contributed by atoms with Gasteiger partial charge in [0, 0.05) is 26.1 Å². The van der Waals surface area contributed by atoms with Crippen LogP contribution in [0, 0.1) is 0 Å². The van der Waals surface area contributed by atoms with Crippen molar-refractivity contribution in [3.8, 4) is 0 Å². The van der Waals surface area contributed by atoms with E-state index in [0.29, 0.717) is 5.56 Å². The molecule has 0 aromatic heterocycles. The Morgan fingerprint density at radius 1 is 1.21 bits per heavy atom. The number of nitrogens with two attached hydrogens (primary N) is 1. The molecule has 10 heteroatoms. The lowest BCUT2D eigenvalue weighted by Gasteiger charge is -2.28. The molecule has 1 saturated heterocycles. The maximum Gasteiger partial charge on any atom is 0.262 e. The zero-order chi connectivity index (χ0) is 20.4. The largest absolute Gasteiger partial charge is 0.329 e. The van der Waals surface area contributed by atoms with Gasteiger partial charge in [0.05, 0.1) is 17.7 Å². The average molecular weight is 394 g/mol. The van der Waals surface area contributed by atoms with Crippen LogP contribution in [0.5, 0.6) is 0 Å². The van der Waals surface area contributed by atoms with Crippen molar-refractivity contribution in [3.05, 3.63) is 34.9 Å². The highest BCUT2D eigenvalue weighted by molar-refractivity contribution is 6.24. The third-order valence-electron chi connectivity index (χ3n) is 4.79. The normalized spacial score (nSPS) is 19.6. The van der Waals surface area contributed by atoms with Crippen LogP contribution >= 0.6 is 0 Å². The number of carbonyl (C=O) groups is 4. The van der Waals surface area contributed by atoms with E-state index in [4.69, 9.17) is 5.73 Å². The van der Waals surface area contributed by atoms with Crippen LogP contribution in [0.25, 0.3) is 0 Å². The molecule has 150 valence electrons. The number of hydrogen-bond donors (Lipinski definition) is 2. The molecule has 1 fully saturated rings. The van der Waals surface area contributed by atoms with Gasteiger partial charge in [-0.25, -0.2) is 8.78 Å². The van der Waals surface area contributed by atoms with Gasteiger partial charge in [-0.1, -0.05) is 12.1 Å². The number of hydrogen-bond acceptors (Lipinski definition) is 6. The highest BCUT2D eigenvalue weighted by Crippen LogP contribution is 2.30. The van der Waals surface area contributed by atoms with Crippen LogP contribution in [0.15, 0.2) is 18.2 Å². The van der Waals surface area contributed by atoms with E-state index >= 15 is 0 Å². The monoisotopic (exact) mass is 394 g/mol. The van der Waals surface area contributed by atoms with Crippen molar-refractivity contribution in [3.63, 3.8) is 0 Å². The molecule has 3 rings (SSSR count). The molecule has 1 aromatic carbocycles. The second-order valence-corrected chi connectivity index (χ2v) is 6.70. The number of nitrogens with one attached hydrogen (secondary N) is 1. The second-order valence-electron chi connectivity index (χ2n) is 6.70.